The molecule has 0 unspecified atom stereocenters. The molecule has 0 spiro atoms. The van der Waals surface area contributed by atoms with Crippen molar-refractivity contribution in [2.24, 2.45) is 0 Å². The molecular weight excluding hydrogens is 186 g/mol. The number of alkyl halides is 3. The second kappa shape index (κ2) is 3.49. The molecule has 5 heteroatoms. The van der Waals surface area contributed by atoms with Crippen molar-refractivity contribution in [1.29, 1.82) is 0 Å². The number of hydrogen-bond donors (Lipinski definition) is 0. The Morgan fingerprint density at radius 1 is 1.56 bits per heavy atom. The molecule has 0 radical (unpaired) electrons. The van der Waals surface area contributed by atoms with E-state index in [1.54, 1.807) is 0 Å². The lowest BCUT2D eigenvalue weighted by Crippen LogP contribution is -2.12. The summed E-state index contributed by atoms with van der Waals surface area (Å²) >= 11 is 15.7. The van der Waals surface area contributed by atoms with Crippen LogP contribution < -0.4 is 0 Å². The fourth-order valence-electron chi connectivity index (χ4n) is 0.236. The molecule has 0 bridgehead atoms. The normalized spacial score (nSPS) is 11.1. The summed E-state index contributed by atoms with van der Waals surface area (Å²) < 4.78 is 2.70. The molecule has 0 aromatic heterocycles. The SMILES string of the molecule is COC(=O)CC(Cl)(Cl)Cl. The predicted molar refractivity (Wildman–Crippen MR) is 36.9 cm³/mol. The van der Waals surface area contributed by atoms with Gasteiger partial charge in [0, 0.05) is 0 Å². The molecule has 0 aromatic rings. The van der Waals surface area contributed by atoms with Crippen molar-refractivity contribution in [3.05, 3.63) is 0 Å². The molecule has 0 heterocycles. The summed E-state index contributed by atoms with van der Waals surface area (Å²) in [6.07, 6.45) is -0.214. The van der Waals surface area contributed by atoms with Crippen LogP contribution in [0.1, 0.15) is 6.42 Å². The minimum atomic E-state index is -1.53. The summed E-state index contributed by atoms with van der Waals surface area (Å²) in [6.45, 7) is 0. The molecule has 0 rings (SSSR count). The molecule has 0 N–H and O–H groups in total. The van der Waals surface area contributed by atoms with Crippen molar-refractivity contribution in [2.45, 2.75) is 10.2 Å². The topological polar surface area (TPSA) is 26.3 Å². The summed E-state index contributed by atoms with van der Waals surface area (Å²) in [7, 11) is 1.23. The molecule has 0 saturated carbocycles. The highest BCUT2D eigenvalue weighted by molar-refractivity contribution is 6.68. The first kappa shape index (κ1) is 9.34. The standard InChI is InChI=1S/C4H5Cl3O2/c1-9-3(8)2-4(5,6)7/h2H2,1H3. The fourth-order valence-corrected chi connectivity index (χ4v) is 0.563. The summed E-state index contributed by atoms with van der Waals surface area (Å²) in [6, 6.07) is 0. The van der Waals surface area contributed by atoms with Gasteiger partial charge in [-0.2, -0.15) is 0 Å². The number of rotatable bonds is 1. The van der Waals surface area contributed by atoms with Crippen LogP contribution in [0.3, 0.4) is 0 Å². The highest BCUT2D eigenvalue weighted by Crippen LogP contribution is 2.29. The molecule has 0 fully saturated rings. The lowest BCUT2D eigenvalue weighted by Gasteiger charge is -2.06. The Bertz CT molecular complexity index is 107. The zero-order valence-electron chi connectivity index (χ0n) is 4.66. The fraction of sp³-hybridized carbons (Fsp3) is 0.750. The van der Waals surface area contributed by atoms with E-state index in [4.69, 9.17) is 34.8 Å². The highest BCUT2D eigenvalue weighted by atomic mass is 35.6. The number of carbonyl (C=O) groups excluding carboxylic acids is 1. The van der Waals surface area contributed by atoms with Crippen molar-refractivity contribution in [3.8, 4) is 0 Å². The van der Waals surface area contributed by atoms with Gasteiger partial charge in [-0.05, 0) is 0 Å². The van der Waals surface area contributed by atoms with E-state index < -0.39 is 9.76 Å². The van der Waals surface area contributed by atoms with Crippen LogP contribution in [0.25, 0.3) is 0 Å². The van der Waals surface area contributed by atoms with Crippen molar-refractivity contribution in [3.63, 3.8) is 0 Å². The Hall–Kier alpha value is 0.340. The molecular formula is C4H5Cl3O2. The second-order valence-corrected chi connectivity index (χ2v) is 3.88. The van der Waals surface area contributed by atoms with Gasteiger partial charge in [0.15, 0.2) is 0 Å². The summed E-state index contributed by atoms with van der Waals surface area (Å²) in [4.78, 5) is 10.4. The third kappa shape index (κ3) is 6.22. The Morgan fingerprint density at radius 2 is 2.00 bits per heavy atom. The van der Waals surface area contributed by atoms with Crippen LogP contribution in [-0.4, -0.2) is 16.9 Å². The Kier molecular flexibility index (Phi) is 3.63. The van der Waals surface area contributed by atoms with Gasteiger partial charge in [0.1, 0.15) is 0 Å². The van der Waals surface area contributed by atoms with Gasteiger partial charge < -0.3 is 4.74 Å². The van der Waals surface area contributed by atoms with Crippen LogP contribution in [-0.2, 0) is 9.53 Å². The van der Waals surface area contributed by atoms with Gasteiger partial charge in [0.25, 0.3) is 0 Å². The predicted octanol–water partition coefficient (Wildman–Crippen LogP) is 1.92. The summed E-state index contributed by atoms with van der Waals surface area (Å²) in [5, 5.41) is 0. The summed E-state index contributed by atoms with van der Waals surface area (Å²) in [5.74, 6) is -0.532. The third-order valence-corrected chi connectivity index (χ3v) is 0.973. The third-order valence-electron chi connectivity index (χ3n) is 0.572. The first-order chi connectivity index (χ1) is 3.95. The van der Waals surface area contributed by atoms with Gasteiger partial charge in [0.05, 0.1) is 13.5 Å². The number of hydrogen-bond acceptors (Lipinski definition) is 2. The van der Waals surface area contributed by atoms with Crippen LogP contribution in [0.15, 0.2) is 0 Å². The van der Waals surface area contributed by atoms with Crippen molar-refractivity contribution in [1.82, 2.24) is 0 Å². The monoisotopic (exact) mass is 190 g/mol. The molecule has 2 nitrogen and oxygen atoms in total. The van der Waals surface area contributed by atoms with Crippen LogP contribution in [0.5, 0.6) is 0 Å². The molecule has 0 atom stereocenters. The molecule has 0 aromatic carbocycles. The second-order valence-electron chi connectivity index (χ2n) is 1.37. The lowest BCUT2D eigenvalue weighted by atomic mass is 10.5. The number of methoxy groups -OCH3 is 1. The van der Waals surface area contributed by atoms with Gasteiger partial charge in [0.2, 0.25) is 3.79 Å². The maximum absolute atomic E-state index is 10.4. The molecule has 0 amide bonds. The Balaban J connectivity index is 3.60. The minimum absolute atomic E-state index is 0.214. The van der Waals surface area contributed by atoms with Crippen LogP contribution >= 0.6 is 34.8 Å². The number of ether oxygens (including phenoxy) is 1. The maximum atomic E-state index is 10.4. The zero-order valence-corrected chi connectivity index (χ0v) is 6.93. The van der Waals surface area contributed by atoms with Gasteiger partial charge >= 0.3 is 5.97 Å². The van der Waals surface area contributed by atoms with Gasteiger partial charge in [-0.1, -0.05) is 34.8 Å². The van der Waals surface area contributed by atoms with Gasteiger partial charge in [-0.15, -0.1) is 0 Å². The molecule has 0 aliphatic rings. The molecule has 0 saturated heterocycles. The number of carbonyl (C=O) groups is 1. The number of esters is 1. The smallest absolute Gasteiger partial charge is 0.309 e. The largest absolute Gasteiger partial charge is 0.469 e. The van der Waals surface area contributed by atoms with Crippen molar-refractivity contribution >= 4 is 40.8 Å². The van der Waals surface area contributed by atoms with Crippen LogP contribution in [0.2, 0.25) is 0 Å². The Morgan fingerprint density at radius 3 is 2.11 bits per heavy atom. The van der Waals surface area contributed by atoms with E-state index in [1.807, 2.05) is 0 Å². The first-order valence-corrected chi connectivity index (χ1v) is 3.22. The quantitative estimate of drug-likeness (QED) is 0.468. The van der Waals surface area contributed by atoms with E-state index in [2.05, 4.69) is 4.74 Å². The average molecular weight is 191 g/mol. The molecule has 0 aliphatic carbocycles. The van der Waals surface area contributed by atoms with Gasteiger partial charge in [-0.25, -0.2) is 0 Å². The maximum Gasteiger partial charge on any atom is 0.309 e. The van der Waals surface area contributed by atoms with Crippen molar-refractivity contribution < 1.29 is 9.53 Å². The number of halogens is 3. The van der Waals surface area contributed by atoms with E-state index in [0.717, 1.165) is 0 Å². The zero-order chi connectivity index (χ0) is 7.49. The minimum Gasteiger partial charge on any atom is -0.469 e. The molecule has 9 heavy (non-hydrogen) atoms. The lowest BCUT2D eigenvalue weighted by molar-refractivity contribution is -0.140. The van der Waals surface area contributed by atoms with Crippen LogP contribution in [0, 0.1) is 0 Å². The summed E-state index contributed by atoms with van der Waals surface area (Å²) in [5.41, 5.74) is 0. The first-order valence-electron chi connectivity index (χ1n) is 2.09. The van der Waals surface area contributed by atoms with Crippen LogP contribution in [0.4, 0.5) is 0 Å². The molecule has 54 valence electrons. The van der Waals surface area contributed by atoms with Crippen molar-refractivity contribution in [2.75, 3.05) is 7.11 Å². The average Bonchev–Trinajstić information content (AvgIpc) is 1.62. The van der Waals surface area contributed by atoms with E-state index in [1.165, 1.54) is 7.11 Å². The van der Waals surface area contributed by atoms with E-state index >= 15 is 0 Å². The Labute approximate surface area is 68.0 Å². The van der Waals surface area contributed by atoms with E-state index in [-0.39, 0.29) is 6.42 Å². The van der Waals surface area contributed by atoms with E-state index in [9.17, 15) is 4.79 Å². The van der Waals surface area contributed by atoms with Gasteiger partial charge in [-0.3, -0.25) is 4.79 Å². The highest BCUT2D eigenvalue weighted by Gasteiger charge is 2.24. The molecule has 0 aliphatic heterocycles. The van der Waals surface area contributed by atoms with E-state index in [0.29, 0.717) is 0 Å².